The van der Waals surface area contributed by atoms with Crippen LogP contribution in [0, 0.1) is 23.2 Å². The highest BCUT2D eigenvalue weighted by Gasteiger charge is 2.27. The van der Waals surface area contributed by atoms with Crippen LogP contribution in [0.3, 0.4) is 0 Å². The van der Waals surface area contributed by atoms with E-state index < -0.39 is 22.0 Å². The Hall–Kier alpha value is -4.57. The second-order valence-corrected chi connectivity index (χ2v) is 10.2. The molecule has 8 nitrogen and oxygen atoms in total. The Morgan fingerprint density at radius 3 is 2.45 bits per heavy atom. The number of nitriles is 1. The highest BCUT2D eigenvalue weighted by molar-refractivity contribution is 7.89. The molecule has 0 spiro atoms. The maximum atomic E-state index is 13.0. The molecule has 0 bridgehead atoms. The molecule has 3 aromatic carbocycles. The minimum Gasteiger partial charge on any atom is -0.481 e. The van der Waals surface area contributed by atoms with Crippen LogP contribution in [0.25, 0.3) is 10.9 Å². The fraction of sp³-hybridized carbons (Fsp3) is 0.172. The van der Waals surface area contributed by atoms with Crippen molar-refractivity contribution in [3.05, 3.63) is 95.7 Å². The molecule has 1 aromatic heterocycles. The van der Waals surface area contributed by atoms with Gasteiger partial charge in [-0.1, -0.05) is 36.3 Å². The van der Waals surface area contributed by atoms with Crippen molar-refractivity contribution in [1.29, 1.82) is 5.26 Å². The number of aromatic nitrogens is 1. The van der Waals surface area contributed by atoms with Crippen molar-refractivity contribution in [2.24, 2.45) is 0 Å². The van der Waals surface area contributed by atoms with Crippen molar-refractivity contribution >= 4 is 26.9 Å². The summed E-state index contributed by atoms with van der Waals surface area (Å²) in [4.78, 5) is 12.0. The smallest absolute Gasteiger partial charge is 0.322 e. The van der Waals surface area contributed by atoms with Gasteiger partial charge < -0.3 is 14.4 Å². The Bertz CT molecular complexity index is 1660. The number of para-hydroxylation sites is 1. The molecule has 0 aliphatic carbocycles. The van der Waals surface area contributed by atoms with Crippen LogP contribution in [0.4, 0.5) is 0 Å². The lowest BCUT2D eigenvalue weighted by molar-refractivity contribution is -0.138. The summed E-state index contributed by atoms with van der Waals surface area (Å²) in [7, 11) is -4.12. The summed E-state index contributed by atoms with van der Waals surface area (Å²) in [5, 5.41) is 19.8. The highest BCUT2D eigenvalue weighted by Crippen LogP contribution is 2.25. The van der Waals surface area contributed by atoms with Crippen LogP contribution in [-0.4, -0.2) is 36.7 Å². The molecule has 0 amide bonds. The fourth-order valence-corrected chi connectivity index (χ4v) is 5.25. The van der Waals surface area contributed by atoms with Crippen LogP contribution in [0.5, 0.6) is 5.75 Å². The molecule has 38 heavy (non-hydrogen) atoms. The first kappa shape index (κ1) is 26.5. The maximum absolute atomic E-state index is 13.0. The van der Waals surface area contributed by atoms with Crippen LogP contribution < -0.4 is 9.46 Å². The van der Waals surface area contributed by atoms with Gasteiger partial charge in [0.05, 0.1) is 16.5 Å². The van der Waals surface area contributed by atoms with Crippen molar-refractivity contribution in [2.75, 3.05) is 6.61 Å². The topological polar surface area (TPSA) is 121 Å². The van der Waals surface area contributed by atoms with Crippen LogP contribution >= 0.6 is 0 Å². The summed E-state index contributed by atoms with van der Waals surface area (Å²) < 4.78 is 35.7. The van der Waals surface area contributed by atoms with E-state index in [-0.39, 0.29) is 17.9 Å². The van der Waals surface area contributed by atoms with E-state index in [2.05, 4.69) is 22.6 Å². The molecule has 0 unspecified atom stereocenters. The molecule has 0 saturated heterocycles. The third kappa shape index (κ3) is 6.22. The zero-order valence-corrected chi connectivity index (χ0v) is 21.4. The van der Waals surface area contributed by atoms with Crippen molar-refractivity contribution in [1.82, 2.24) is 9.29 Å². The van der Waals surface area contributed by atoms with Crippen molar-refractivity contribution in [3.63, 3.8) is 0 Å². The lowest BCUT2D eigenvalue weighted by Gasteiger charge is -2.15. The van der Waals surface area contributed by atoms with E-state index in [1.807, 2.05) is 47.2 Å². The molecular weight excluding hydrogens is 502 g/mol. The Morgan fingerprint density at radius 2 is 1.79 bits per heavy atom. The molecule has 0 radical (unpaired) electrons. The molecule has 4 aromatic rings. The number of hydrogen-bond donors (Lipinski definition) is 2. The van der Waals surface area contributed by atoms with E-state index in [1.165, 1.54) is 24.3 Å². The molecule has 4 rings (SSSR count). The molecular formula is C29H25N3O5S. The number of carbonyl (C=O) groups is 1. The van der Waals surface area contributed by atoms with Gasteiger partial charge in [0, 0.05) is 30.1 Å². The Labute approximate surface area is 221 Å². The van der Waals surface area contributed by atoms with E-state index in [1.54, 1.807) is 19.1 Å². The maximum Gasteiger partial charge on any atom is 0.322 e. The number of aliphatic carboxylic acids is 1. The number of nitrogens with one attached hydrogen (secondary N) is 1. The lowest BCUT2D eigenvalue weighted by atomic mass is 10.1. The van der Waals surface area contributed by atoms with Gasteiger partial charge >= 0.3 is 5.97 Å². The first-order chi connectivity index (χ1) is 18.3. The number of fused-ring (bicyclic) bond motifs is 1. The SMILES string of the molecule is CC#CCOc1ccc(S(=O)(=O)N[C@H](Cc2cn(Cc3ccc(C#N)cc3)c3ccccc23)C(=O)O)cc1. The summed E-state index contributed by atoms with van der Waals surface area (Å²) in [6.45, 7) is 2.38. The number of ether oxygens (including phenoxy) is 1. The third-order valence-corrected chi connectivity index (χ3v) is 7.44. The van der Waals surface area contributed by atoms with Gasteiger partial charge in [0.15, 0.2) is 0 Å². The van der Waals surface area contributed by atoms with Crippen molar-refractivity contribution < 1.29 is 23.1 Å². The number of carboxylic acids is 1. The number of nitrogens with zero attached hydrogens (tertiary/aromatic N) is 2. The number of benzene rings is 3. The van der Waals surface area contributed by atoms with Gasteiger partial charge in [-0.3, -0.25) is 4.79 Å². The minimum absolute atomic E-state index is 0.0493. The van der Waals surface area contributed by atoms with E-state index in [0.717, 1.165) is 16.5 Å². The lowest BCUT2D eigenvalue weighted by Crippen LogP contribution is -2.42. The Kier molecular flexibility index (Phi) is 8.12. The Morgan fingerprint density at radius 1 is 1.08 bits per heavy atom. The quantitative estimate of drug-likeness (QED) is 0.301. The molecule has 1 heterocycles. The number of carboxylic acid groups (broad SMARTS) is 1. The summed E-state index contributed by atoms with van der Waals surface area (Å²) >= 11 is 0. The van der Waals surface area contributed by atoms with Crippen molar-refractivity contribution in [2.45, 2.75) is 30.8 Å². The summed E-state index contributed by atoms with van der Waals surface area (Å²) in [5.74, 6) is 4.63. The standard InChI is InChI=1S/C29H25N3O5S/c1-2-3-16-37-24-12-14-25(15-13-24)38(35,36)31-27(29(33)34)17-23-20-32(28-7-5-4-6-26(23)28)19-22-10-8-21(18-30)9-11-22/h4-15,20,27,31H,16-17,19H2,1H3,(H,33,34)/t27-/m1/s1. The third-order valence-electron chi connectivity index (χ3n) is 5.95. The number of hydrogen-bond acceptors (Lipinski definition) is 5. The van der Waals surface area contributed by atoms with Gasteiger partial charge in [-0.25, -0.2) is 8.42 Å². The van der Waals surface area contributed by atoms with Gasteiger partial charge in [-0.15, -0.1) is 5.92 Å². The van der Waals surface area contributed by atoms with Gasteiger partial charge in [0.25, 0.3) is 0 Å². The largest absolute Gasteiger partial charge is 0.481 e. The monoisotopic (exact) mass is 527 g/mol. The molecule has 2 N–H and O–H groups in total. The van der Waals surface area contributed by atoms with Crippen LogP contribution in [0.15, 0.2) is 83.9 Å². The zero-order chi connectivity index (χ0) is 27.1. The molecule has 0 aliphatic heterocycles. The second-order valence-electron chi connectivity index (χ2n) is 8.51. The molecule has 0 aliphatic rings. The van der Waals surface area contributed by atoms with Crippen molar-refractivity contribution in [3.8, 4) is 23.7 Å². The van der Waals surface area contributed by atoms with Gasteiger partial charge in [-0.2, -0.15) is 9.98 Å². The fourth-order valence-electron chi connectivity index (χ4n) is 4.06. The van der Waals surface area contributed by atoms with E-state index in [0.29, 0.717) is 23.4 Å². The van der Waals surface area contributed by atoms with Crippen LogP contribution in [0.1, 0.15) is 23.6 Å². The average molecular weight is 528 g/mol. The van der Waals surface area contributed by atoms with Crippen LogP contribution in [-0.2, 0) is 27.8 Å². The Balaban J connectivity index is 1.56. The predicted molar refractivity (Wildman–Crippen MR) is 143 cm³/mol. The summed E-state index contributed by atoms with van der Waals surface area (Å²) in [6, 6.07) is 21.2. The second kappa shape index (κ2) is 11.7. The first-order valence-corrected chi connectivity index (χ1v) is 13.2. The molecule has 9 heteroatoms. The summed E-state index contributed by atoms with van der Waals surface area (Å²) in [5.41, 5.74) is 3.13. The summed E-state index contributed by atoms with van der Waals surface area (Å²) in [6.07, 6.45) is 1.80. The highest BCUT2D eigenvalue weighted by atomic mass is 32.2. The van der Waals surface area contributed by atoms with E-state index in [4.69, 9.17) is 10.00 Å². The first-order valence-electron chi connectivity index (χ1n) is 11.7. The molecule has 0 saturated carbocycles. The predicted octanol–water partition coefficient (Wildman–Crippen LogP) is 3.94. The molecule has 1 atom stereocenters. The van der Waals surface area contributed by atoms with Gasteiger partial charge in [0.1, 0.15) is 18.4 Å². The normalized spacial score (nSPS) is 11.8. The molecule has 0 fully saturated rings. The van der Waals surface area contributed by atoms with Gasteiger partial charge in [-0.05, 0) is 60.5 Å². The zero-order valence-electron chi connectivity index (χ0n) is 20.6. The van der Waals surface area contributed by atoms with E-state index >= 15 is 0 Å². The van der Waals surface area contributed by atoms with E-state index in [9.17, 15) is 18.3 Å². The van der Waals surface area contributed by atoms with Gasteiger partial charge in [0.2, 0.25) is 10.0 Å². The number of rotatable bonds is 10. The molecule has 192 valence electrons. The average Bonchev–Trinajstić information content (AvgIpc) is 3.26. The van der Waals surface area contributed by atoms with Crippen LogP contribution in [0.2, 0.25) is 0 Å². The number of sulfonamides is 1. The minimum atomic E-state index is -4.12.